The highest BCUT2D eigenvalue weighted by Crippen LogP contribution is 2.27. The summed E-state index contributed by atoms with van der Waals surface area (Å²) >= 11 is 0. The summed E-state index contributed by atoms with van der Waals surface area (Å²) in [6.07, 6.45) is 1.70. The van der Waals surface area contributed by atoms with Gasteiger partial charge in [0, 0.05) is 5.56 Å². The van der Waals surface area contributed by atoms with Gasteiger partial charge < -0.3 is 19.8 Å². The number of hydrogen-bond donors (Lipinski definition) is 1. The summed E-state index contributed by atoms with van der Waals surface area (Å²) in [7, 11) is 0. The second-order valence-corrected chi connectivity index (χ2v) is 7.35. The molecule has 1 saturated heterocycles. The van der Waals surface area contributed by atoms with E-state index in [1.54, 1.807) is 6.33 Å². The topological polar surface area (TPSA) is 101 Å². The van der Waals surface area contributed by atoms with Crippen LogP contribution >= 0.6 is 0 Å². The summed E-state index contributed by atoms with van der Waals surface area (Å²) in [6, 6.07) is 11.6. The van der Waals surface area contributed by atoms with Crippen molar-refractivity contribution in [3.05, 3.63) is 42.7 Å². The van der Waals surface area contributed by atoms with Crippen LogP contribution in [-0.2, 0) is 16.0 Å². The molecule has 0 saturated carbocycles. The average molecular weight is 376 g/mol. The van der Waals surface area contributed by atoms with E-state index in [0.717, 1.165) is 16.7 Å². The molecule has 1 atom stereocenters. The van der Waals surface area contributed by atoms with Gasteiger partial charge in [-0.05, 0) is 19.9 Å². The van der Waals surface area contributed by atoms with Crippen molar-refractivity contribution in [1.29, 1.82) is 0 Å². The highest BCUT2D eigenvalue weighted by atomic mass is 16.7. The zero-order chi connectivity index (χ0) is 19.3. The Hall–Kier alpha value is -3.10. The van der Waals surface area contributed by atoms with Gasteiger partial charge in [0.05, 0.1) is 24.9 Å². The van der Waals surface area contributed by atoms with Crippen molar-refractivity contribution in [1.82, 2.24) is 24.5 Å². The lowest BCUT2D eigenvalue weighted by Gasteiger charge is -2.17. The number of nitrogens with zero attached hydrogens (tertiary/aromatic N) is 5. The largest absolute Gasteiger partial charge is 0.383 e. The van der Waals surface area contributed by atoms with Gasteiger partial charge in [-0.2, -0.15) is 0 Å². The number of aromatic nitrogens is 5. The van der Waals surface area contributed by atoms with Crippen molar-refractivity contribution in [3.8, 4) is 11.4 Å². The Morgan fingerprint density at radius 1 is 1.18 bits per heavy atom. The number of nitrogens with two attached hydrogens (primary N) is 1. The highest BCUT2D eigenvalue weighted by molar-refractivity contribution is 5.94. The number of imidazole rings is 1. The van der Waals surface area contributed by atoms with Crippen molar-refractivity contribution < 1.29 is 9.47 Å². The maximum Gasteiger partial charge on any atom is 0.167 e. The Labute approximate surface area is 161 Å². The second-order valence-electron chi connectivity index (χ2n) is 7.35. The second kappa shape index (κ2) is 6.22. The summed E-state index contributed by atoms with van der Waals surface area (Å²) in [6.45, 7) is 4.96. The maximum absolute atomic E-state index is 6.19. The van der Waals surface area contributed by atoms with Crippen LogP contribution in [0.4, 0.5) is 5.82 Å². The SMILES string of the molecule is CC1(C)OC[C@H](Cn2cnc3cc4c(N)nc(-c5ccccc5)nc4nc32)O1. The molecule has 0 spiro atoms. The van der Waals surface area contributed by atoms with E-state index in [9.17, 15) is 0 Å². The fourth-order valence-corrected chi connectivity index (χ4v) is 3.47. The first-order chi connectivity index (χ1) is 13.5. The number of ether oxygens (including phenoxy) is 2. The molecular weight excluding hydrogens is 356 g/mol. The molecule has 3 aromatic heterocycles. The Balaban J connectivity index is 1.57. The van der Waals surface area contributed by atoms with Gasteiger partial charge in [0.15, 0.2) is 22.9 Å². The first-order valence-electron chi connectivity index (χ1n) is 9.15. The molecule has 0 aliphatic carbocycles. The molecule has 1 aromatic carbocycles. The zero-order valence-corrected chi connectivity index (χ0v) is 15.7. The predicted molar refractivity (Wildman–Crippen MR) is 105 cm³/mol. The van der Waals surface area contributed by atoms with E-state index in [-0.39, 0.29) is 6.10 Å². The van der Waals surface area contributed by atoms with Crippen LogP contribution in [0.1, 0.15) is 13.8 Å². The molecule has 28 heavy (non-hydrogen) atoms. The normalized spacial score (nSPS) is 18.9. The summed E-state index contributed by atoms with van der Waals surface area (Å²) < 4.78 is 13.5. The summed E-state index contributed by atoms with van der Waals surface area (Å²) in [5, 5.41) is 0.694. The minimum atomic E-state index is -0.562. The fourth-order valence-electron chi connectivity index (χ4n) is 3.47. The van der Waals surface area contributed by atoms with Gasteiger partial charge in [0.2, 0.25) is 0 Å². The van der Waals surface area contributed by atoms with Gasteiger partial charge in [-0.3, -0.25) is 0 Å². The van der Waals surface area contributed by atoms with E-state index in [2.05, 4.69) is 15.0 Å². The predicted octanol–water partition coefficient (Wildman–Crippen LogP) is 2.78. The lowest BCUT2D eigenvalue weighted by Crippen LogP contribution is -2.24. The van der Waals surface area contributed by atoms with Crippen molar-refractivity contribution in [2.75, 3.05) is 12.3 Å². The van der Waals surface area contributed by atoms with Crippen LogP contribution in [0.2, 0.25) is 0 Å². The number of benzene rings is 1. The third-order valence-electron chi connectivity index (χ3n) is 4.78. The minimum absolute atomic E-state index is 0.0553. The van der Waals surface area contributed by atoms with Crippen molar-refractivity contribution in [2.45, 2.75) is 32.3 Å². The van der Waals surface area contributed by atoms with Gasteiger partial charge in [0.1, 0.15) is 17.4 Å². The molecule has 142 valence electrons. The van der Waals surface area contributed by atoms with E-state index >= 15 is 0 Å². The molecule has 8 heteroatoms. The van der Waals surface area contributed by atoms with Crippen LogP contribution in [0.25, 0.3) is 33.6 Å². The number of anilines is 1. The summed E-state index contributed by atoms with van der Waals surface area (Å²) in [5.74, 6) is 0.382. The Bertz CT molecular complexity index is 1170. The van der Waals surface area contributed by atoms with Crippen LogP contribution in [0.5, 0.6) is 0 Å². The molecule has 0 radical (unpaired) electrons. The Kier molecular flexibility index (Phi) is 3.78. The number of hydrogen-bond acceptors (Lipinski definition) is 7. The Morgan fingerprint density at radius 3 is 2.75 bits per heavy atom. The molecular formula is C20H20N6O2. The van der Waals surface area contributed by atoms with Crippen LogP contribution in [0.3, 0.4) is 0 Å². The van der Waals surface area contributed by atoms with E-state index in [1.165, 1.54) is 0 Å². The molecule has 2 N–H and O–H groups in total. The molecule has 1 aliphatic rings. The van der Waals surface area contributed by atoms with Crippen LogP contribution in [0, 0.1) is 0 Å². The van der Waals surface area contributed by atoms with Gasteiger partial charge >= 0.3 is 0 Å². The molecule has 5 rings (SSSR count). The van der Waals surface area contributed by atoms with Crippen LogP contribution in [-0.4, -0.2) is 43.0 Å². The first kappa shape index (κ1) is 17.0. The van der Waals surface area contributed by atoms with E-state index < -0.39 is 5.79 Å². The van der Waals surface area contributed by atoms with Crippen molar-refractivity contribution in [2.24, 2.45) is 0 Å². The molecule has 0 amide bonds. The average Bonchev–Trinajstić information content (AvgIpc) is 3.23. The monoisotopic (exact) mass is 376 g/mol. The third kappa shape index (κ3) is 2.96. The number of fused-ring (bicyclic) bond motifs is 2. The molecule has 8 nitrogen and oxygen atoms in total. The molecule has 4 heterocycles. The Morgan fingerprint density at radius 2 is 2.00 bits per heavy atom. The smallest absolute Gasteiger partial charge is 0.167 e. The molecule has 0 unspecified atom stereocenters. The lowest BCUT2D eigenvalue weighted by molar-refractivity contribution is -0.139. The standard InChI is InChI=1S/C20H20N6O2/c1-20(2)27-10-13(28-20)9-26-11-22-15-8-14-16(21)23-17(12-6-4-3-5-7-12)24-18(14)25-19(15)26/h3-8,11,13H,9-10H2,1-2H3,(H2,21,23,24,25)/t13-/m0/s1. The number of rotatable bonds is 3. The van der Waals surface area contributed by atoms with Crippen molar-refractivity contribution in [3.63, 3.8) is 0 Å². The molecule has 0 bridgehead atoms. The third-order valence-corrected chi connectivity index (χ3v) is 4.78. The fraction of sp³-hybridized carbons (Fsp3) is 0.300. The summed E-state index contributed by atoms with van der Waals surface area (Å²) in [5.41, 5.74) is 9.11. The van der Waals surface area contributed by atoms with Crippen molar-refractivity contribution >= 4 is 28.0 Å². The first-order valence-corrected chi connectivity index (χ1v) is 9.15. The van der Waals surface area contributed by atoms with Crippen LogP contribution in [0.15, 0.2) is 42.7 Å². The van der Waals surface area contributed by atoms with Gasteiger partial charge in [-0.25, -0.2) is 19.9 Å². The number of pyridine rings is 1. The number of nitrogen functional groups attached to an aromatic ring is 1. The van der Waals surface area contributed by atoms with Gasteiger partial charge in [-0.1, -0.05) is 30.3 Å². The highest BCUT2D eigenvalue weighted by Gasteiger charge is 2.33. The summed E-state index contributed by atoms with van der Waals surface area (Å²) in [4.78, 5) is 18.3. The quantitative estimate of drug-likeness (QED) is 0.587. The molecule has 4 aromatic rings. The van der Waals surface area contributed by atoms with Gasteiger partial charge in [-0.15, -0.1) is 0 Å². The molecule has 1 aliphatic heterocycles. The van der Waals surface area contributed by atoms with E-state index in [1.807, 2.05) is 54.8 Å². The lowest BCUT2D eigenvalue weighted by atomic mass is 10.2. The zero-order valence-electron chi connectivity index (χ0n) is 15.7. The van der Waals surface area contributed by atoms with Crippen LogP contribution < -0.4 is 5.73 Å². The van der Waals surface area contributed by atoms with E-state index in [4.69, 9.17) is 20.2 Å². The maximum atomic E-state index is 6.19. The molecule has 1 fully saturated rings. The van der Waals surface area contributed by atoms with E-state index in [0.29, 0.717) is 35.8 Å². The van der Waals surface area contributed by atoms with Gasteiger partial charge in [0.25, 0.3) is 0 Å². The minimum Gasteiger partial charge on any atom is -0.383 e.